The Kier molecular flexibility index (Phi) is 8.04. The first-order chi connectivity index (χ1) is 18.1. The molecule has 2 aromatic heterocycles. The highest BCUT2D eigenvalue weighted by molar-refractivity contribution is 5.94. The number of pyridine rings is 1. The lowest BCUT2D eigenvalue weighted by atomic mass is 10.0. The second kappa shape index (κ2) is 11.8. The van der Waals surface area contributed by atoms with E-state index < -0.39 is 0 Å². The standard InChI is InChI=1S/C29H38N6O2/c1-2-3-6-27-31-19-24(33-27)20-37-26-17-23(18-32-28(26)30)21-7-9-22(10-8-21)29(36)35-15-11-25(12-16-35)34-13-4-5-14-34/h7-10,17-19,25H,2-6,11-16,20H2,1H3,(H2,30,32)(H,31,33). The van der Waals surface area contributed by atoms with Crippen LogP contribution in [0.3, 0.4) is 0 Å². The van der Waals surface area contributed by atoms with Gasteiger partial charge >= 0.3 is 0 Å². The molecule has 196 valence electrons. The van der Waals surface area contributed by atoms with Crippen LogP contribution in [0.15, 0.2) is 42.7 Å². The smallest absolute Gasteiger partial charge is 0.253 e. The summed E-state index contributed by atoms with van der Waals surface area (Å²) in [6.07, 6.45) is 11.6. The summed E-state index contributed by atoms with van der Waals surface area (Å²) in [5, 5.41) is 0. The fourth-order valence-electron chi connectivity index (χ4n) is 5.36. The number of ether oxygens (including phenoxy) is 1. The van der Waals surface area contributed by atoms with Crippen molar-refractivity contribution in [1.29, 1.82) is 0 Å². The van der Waals surface area contributed by atoms with E-state index in [9.17, 15) is 4.79 Å². The van der Waals surface area contributed by atoms with Gasteiger partial charge < -0.3 is 25.3 Å². The van der Waals surface area contributed by atoms with E-state index in [2.05, 4.69) is 26.8 Å². The van der Waals surface area contributed by atoms with Gasteiger partial charge in [0.15, 0.2) is 11.6 Å². The number of likely N-dealkylation sites (tertiary alicyclic amines) is 2. The zero-order valence-electron chi connectivity index (χ0n) is 21.8. The first-order valence-electron chi connectivity index (χ1n) is 13.7. The highest BCUT2D eigenvalue weighted by Crippen LogP contribution is 2.28. The molecule has 8 heteroatoms. The minimum atomic E-state index is 0.114. The topological polar surface area (TPSA) is 100 Å². The van der Waals surface area contributed by atoms with Gasteiger partial charge in [-0.05, 0) is 69.0 Å². The van der Waals surface area contributed by atoms with Crippen LogP contribution in [0, 0.1) is 0 Å². The number of aromatic amines is 1. The normalized spacial score (nSPS) is 16.8. The summed E-state index contributed by atoms with van der Waals surface area (Å²) < 4.78 is 5.96. The molecule has 0 bridgehead atoms. The van der Waals surface area contributed by atoms with E-state index in [0.717, 1.165) is 73.4 Å². The summed E-state index contributed by atoms with van der Waals surface area (Å²) >= 11 is 0. The fourth-order valence-corrected chi connectivity index (χ4v) is 5.36. The monoisotopic (exact) mass is 502 g/mol. The van der Waals surface area contributed by atoms with Gasteiger partial charge in [-0.3, -0.25) is 4.79 Å². The van der Waals surface area contributed by atoms with Crippen LogP contribution in [0.25, 0.3) is 11.1 Å². The van der Waals surface area contributed by atoms with E-state index in [1.165, 1.54) is 25.9 Å². The lowest BCUT2D eigenvalue weighted by molar-refractivity contribution is 0.0644. The molecule has 5 rings (SSSR count). The molecule has 0 saturated carbocycles. The molecular weight excluding hydrogens is 464 g/mol. The van der Waals surface area contributed by atoms with Crippen molar-refractivity contribution in [3.8, 4) is 16.9 Å². The molecule has 0 atom stereocenters. The number of carbonyl (C=O) groups excluding carboxylic acids is 1. The van der Waals surface area contributed by atoms with Crippen molar-refractivity contribution in [1.82, 2.24) is 24.8 Å². The van der Waals surface area contributed by atoms with Gasteiger partial charge in [-0.2, -0.15) is 0 Å². The molecule has 2 aliphatic heterocycles. The largest absolute Gasteiger partial charge is 0.483 e. The van der Waals surface area contributed by atoms with E-state index in [-0.39, 0.29) is 5.91 Å². The molecule has 3 N–H and O–H groups in total. The molecule has 0 spiro atoms. The number of nitrogens with two attached hydrogens (primary N) is 1. The maximum Gasteiger partial charge on any atom is 0.253 e. The van der Waals surface area contributed by atoms with Crippen molar-refractivity contribution in [2.75, 3.05) is 31.9 Å². The average Bonchev–Trinajstić information content (AvgIpc) is 3.64. The predicted octanol–water partition coefficient (Wildman–Crippen LogP) is 4.68. The van der Waals surface area contributed by atoms with Crippen LogP contribution in [0.1, 0.15) is 67.3 Å². The zero-order chi connectivity index (χ0) is 25.6. The molecule has 2 saturated heterocycles. The van der Waals surface area contributed by atoms with E-state index in [4.69, 9.17) is 10.5 Å². The van der Waals surface area contributed by atoms with Crippen LogP contribution in [-0.4, -0.2) is 62.9 Å². The molecule has 0 radical (unpaired) electrons. The van der Waals surface area contributed by atoms with E-state index in [1.54, 1.807) is 6.20 Å². The van der Waals surface area contributed by atoms with Crippen molar-refractivity contribution in [2.24, 2.45) is 0 Å². The number of nitrogens with zero attached hydrogens (tertiary/aromatic N) is 4. The number of aromatic nitrogens is 3. The number of anilines is 1. The average molecular weight is 503 g/mol. The number of benzene rings is 1. The van der Waals surface area contributed by atoms with Gasteiger partial charge in [0.1, 0.15) is 12.4 Å². The summed E-state index contributed by atoms with van der Waals surface area (Å²) in [7, 11) is 0. The van der Waals surface area contributed by atoms with Crippen molar-refractivity contribution >= 4 is 11.7 Å². The van der Waals surface area contributed by atoms with E-state index >= 15 is 0 Å². The third-order valence-electron chi connectivity index (χ3n) is 7.58. The minimum Gasteiger partial charge on any atom is -0.483 e. The number of carbonyl (C=O) groups is 1. The molecule has 1 aromatic carbocycles. The van der Waals surface area contributed by atoms with Gasteiger partial charge in [0.25, 0.3) is 5.91 Å². The lowest BCUT2D eigenvalue weighted by Crippen LogP contribution is -2.45. The molecule has 37 heavy (non-hydrogen) atoms. The summed E-state index contributed by atoms with van der Waals surface area (Å²) in [5.74, 6) is 1.96. The summed E-state index contributed by atoms with van der Waals surface area (Å²) in [6, 6.07) is 10.3. The van der Waals surface area contributed by atoms with Gasteiger partial charge in [0.2, 0.25) is 0 Å². The second-order valence-electron chi connectivity index (χ2n) is 10.2. The second-order valence-corrected chi connectivity index (χ2v) is 10.2. The van der Waals surface area contributed by atoms with Gasteiger partial charge in [-0.1, -0.05) is 25.5 Å². The quantitative estimate of drug-likeness (QED) is 0.441. The maximum absolute atomic E-state index is 13.1. The van der Waals surface area contributed by atoms with Crippen molar-refractivity contribution in [3.05, 3.63) is 59.8 Å². The van der Waals surface area contributed by atoms with E-state index in [0.29, 0.717) is 24.2 Å². The van der Waals surface area contributed by atoms with Crippen molar-refractivity contribution in [3.63, 3.8) is 0 Å². The molecule has 0 aliphatic carbocycles. The van der Waals surface area contributed by atoms with Gasteiger partial charge in [-0.25, -0.2) is 9.97 Å². The van der Waals surface area contributed by atoms with Gasteiger partial charge in [0.05, 0.1) is 5.69 Å². The third kappa shape index (κ3) is 6.13. The van der Waals surface area contributed by atoms with Crippen LogP contribution < -0.4 is 10.5 Å². The number of rotatable bonds is 9. The Hall–Kier alpha value is -3.39. The Labute approximate surface area is 219 Å². The number of nitrogens with one attached hydrogen (secondary N) is 1. The number of unbranched alkanes of at least 4 members (excludes halogenated alkanes) is 1. The molecule has 3 aromatic rings. The van der Waals surface area contributed by atoms with E-state index in [1.807, 2.05) is 41.4 Å². The number of piperidine rings is 1. The molecule has 2 aliphatic rings. The molecule has 2 fully saturated rings. The van der Waals surface area contributed by atoms with Crippen LogP contribution in [0.2, 0.25) is 0 Å². The molecule has 4 heterocycles. The number of H-pyrrole nitrogens is 1. The first-order valence-corrected chi connectivity index (χ1v) is 13.7. The number of hydrogen-bond acceptors (Lipinski definition) is 6. The third-order valence-corrected chi connectivity index (χ3v) is 7.58. The van der Waals surface area contributed by atoms with Crippen molar-refractivity contribution in [2.45, 2.75) is 64.5 Å². The fraction of sp³-hybridized carbons (Fsp3) is 0.483. The van der Waals surface area contributed by atoms with Gasteiger partial charge in [-0.15, -0.1) is 0 Å². The molecule has 0 unspecified atom stereocenters. The number of amides is 1. The Balaban J connectivity index is 1.19. The predicted molar refractivity (Wildman–Crippen MR) is 145 cm³/mol. The lowest BCUT2D eigenvalue weighted by Gasteiger charge is -2.36. The highest BCUT2D eigenvalue weighted by Gasteiger charge is 2.28. The number of hydrogen-bond donors (Lipinski definition) is 2. The SMILES string of the molecule is CCCCc1nc(COc2cc(-c3ccc(C(=O)N4CCC(N5CCCC5)CC4)cc3)cnc2N)c[nH]1. The molecule has 8 nitrogen and oxygen atoms in total. The highest BCUT2D eigenvalue weighted by atomic mass is 16.5. The molecule has 1 amide bonds. The Morgan fingerprint density at radius 2 is 1.86 bits per heavy atom. The number of nitrogen functional groups attached to an aromatic ring is 1. The van der Waals surface area contributed by atoms with Crippen LogP contribution in [0.4, 0.5) is 5.82 Å². The Bertz CT molecular complexity index is 1180. The summed E-state index contributed by atoms with van der Waals surface area (Å²) in [4.78, 5) is 29.8. The van der Waals surface area contributed by atoms with Gasteiger partial charge in [0, 0.05) is 49.1 Å². The van der Waals surface area contributed by atoms with Crippen LogP contribution in [-0.2, 0) is 13.0 Å². The summed E-state index contributed by atoms with van der Waals surface area (Å²) in [5.41, 5.74) is 9.49. The summed E-state index contributed by atoms with van der Waals surface area (Å²) in [6.45, 7) is 6.59. The van der Waals surface area contributed by atoms with Crippen LogP contribution >= 0.6 is 0 Å². The Morgan fingerprint density at radius 1 is 1.11 bits per heavy atom. The van der Waals surface area contributed by atoms with Crippen LogP contribution in [0.5, 0.6) is 5.75 Å². The maximum atomic E-state index is 13.1. The molecular formula is C29H38N6O2. The number of imidazole rings is 1. The zero-order valence-corrected chi connectivity index (χ0v) is 21.8. The first kappa shape index (κ1) is 25.3. The Morgan fingerprint density at radius 3 is 2.59 bits per heavy atom. The minimum absolute atomic E-state index is 0.114. The van der Waals surface area contributed by atoms with Crippen molar-refractivity contribution < 1.29 is 9.53 Å². The number of aryl methyl sites for hydroxylation is 1.